The van der Waals surface area contributed by atoms with E-state index in [-0.39, 0.29) is 13.2 Å². The van der Waals surface area contributed by atoms with E-state index in [0.29, 0.717) is 12.2 Å². The summed E-state index contributed by atoms with van der Waals surface area (Å²) in [5.74, 6) is 0.634. The summed E-state index contributed by atoms with van der Waals surface area (Å²) < 4.78 is 5.68. The van der Waals surface area contributed by atoms with Crippen molar-refractivity contribution in [1.82, 2.24) is 0 Å². The minimum absolute atomic E-state index is 0.0784. The molecule has 2 rings (SSSR count). The van der Waals surface area contributed by atoms with Crippen molar-refractivity contribution < 1.29 is 14.9 Å². The highest BCUT2D eigenvalue weighted by Gasteiger charge is 2.19. The molecule has 2 aromatic rings. The zero-order valence-electron chi connectivity index (χ0n) is 11.4. The second kappa shape index (κ2) is 5.59. The van der Waals surface area contributed by atoms with Gasteiger partial charge in [-0.3, -0.25) is 0 Å². The van der Waals surface area contributed by atoms with E-state index in [1.165, 1.54) is 0 Å². The molecule has 19 heavy (non-hydrogen) atoms. The molecule has 2 aromatic carbocycles. The van der Waals surface area contributed by atoms with Crippen LogP contribution in [-0.2, 0) is 6.61 Å². The zero-order valence-corrected chi connectivity index (χ0v) is 11.4. The van der Waals surface area contributed by atoms with E-state index < -0.39 is 5.60 Å². The lowest BCUT2D eigenvalue weighted by molar-refractivity contribution is 0.00791. The first-order chi connectivity index (χ1) is 9.07. The number of aliphatic hydroxyl groups excluding tert-OH is 1. The number of rotatable bonds is 5. The Bertz CT molecular complexity index is 561. The van der Waals surface area contributed by atoms with Crippen LogP contribution in [0.4, 0.5) is 0 Å². The molecule has 0 saturated heterocycles. The van der Waals surface area contributed by atoms with E-state index in [2.05, 4.69) is 0 Å². The molecule has 102 valence electrons. The maximum absolute atomic E-state index is 9.97. The normalized spacial score (nSPS) is 14.3. The van der Waals surface area contributed by atoms with Crippen LogP contribution in [0.15, 0.2) is 36.4 Å². The number of aliphatic hydroxyl groups is 2. The first kappa shape index (κ1) is 13.8. The molecule has 0 aliphatic carbocycles. The van der Waals surface area contributed by atoms with Gasteiger partial charge in [0.15, 0.2) is 0 Å². The third kappa shape index (κ3) is 3.06. The summed E-state index contributed by atoms with van der Waals surface area (Å²) in [6, 6.07) is 11.7. The van der Waals surface area contributed by atoms with Crippen LogP contribution in [0.5, 0.6) is 5.75 Å². The minimum Gasteiger partial charge on any atom is -0.490 e. The predicted molar refractivity (Wildman–Crippen MR) is 76.3 cm³/mol. The van der Waals surface area contributed by atoms with Crippen LogP contribution in [0.25, 0.3) is 10.8 Å². The number of hydrogen-bond donors (Lipinski definition) is 2. The Morgan fingerprint density at radius 3 is 2.58 bits per heavy atom. The van der Waals surface area contributed by atoms with Crippen molar-refractivity contribution in [2.45, 2.75) is 32.5 Å². The molecule has 0 fully saturated rings. The topological polar surface area (TPSA) is 49.7 Å². The maximum atomic E-state index is 9.97. The van der Waals surface area contributed by atoms with Crippen LogP contribution in [0.2, 0.25) is 0 Å². The fourth-order valence-electron chi connectivity index (χ4n) is 1.95. The van der Waals surface area contributed by atoms with Crippen molar-refractivity contribution >= 4 is 10.8 Å². The van der Waals surface area contributed by atoms with Crippen molar-refractivity contribution in [3.8, 4) is 5.75 Å². The monoisotopic (exact) mass is 260 g/mol. The van der Waals surface area contributed by atoms with Crippen LogP contribution in [-0.4, -0.2) is 22.4 Å². The molecule has 0 aliphatic rings. The summed E-state index contributed by atoms with van der Waals surface area (Å²) in [5, 5.41) is 21.6. The number of hydrogen-bond acceptors (Lipinski definition) is 3. The van der Waals surface area contributed by atoms with E-state index in [4.69, 9.17) is 4.74 Å². The molecule has 0 radical (unpaired) electrons. The first-order valence-corrected chi connectivity index (χ1v) is 6.54. The SMILES string of the molecule is CCC(C)(O)COc1ccc2ccccc2c1CO. The fourth-order valence-corrected chi connectivity index (χ4v) is 1.95. The van der Waals surface area contributed by atoms with Crippen LogP contribution >= 0.6 is 0 Å². The van der Waals surface area contributed by atoms with Gasteiger partial charge in [0.2, 0.25) is 0 Å². The van der Waals surface area contributed by atoms with Gasteiger partial charge < -0.3 is 14.9 Å². The lowest BCUT2D eigenvalue weighted by Gasteiger charge is -2.22. The highest BCUT2D eigenvalue weighted by molar-refractivity contribution is 5.87. The van der Waals surface area contributed by atoms with Gasteiger partial charge >= 0.3 is 0 Å². The van der Waals surface area contributed by atoms with Crippen molar-refractivity contribution in [3.05, 3.63) is 42.0 Å². The highest BCUT2D eigenvalue weighted by Crippen LogP contribution is 2.28. The summed E-state index contributed by atoms with van der Waals surface area (Å²) in [7, 11) is 0. The highest BCUT2D eigenvalue weighted by atomic mass is 16.5. The molecular formula is C16H20O3. The summed E-state index contributed by atoms with van der Waals surface area (Å²) in [6.07, 6.45) is 0.620. The lowest BCUT2D eigenvalue weighted by Crippen LogP contribution is -2.31. The van der Waals surface area contributed by atoms with E-state index in [0.717, 1.165) is 16.3 Å². The van der Waals surface area contributed by atoms with Crippen LogP contribution in [0, 0.1) is 0 Å². The summed E-state index contributed by atoms with van der Waals surface area (Å²) in [4.78, 5) is 0. The summed E-state index contributed by atoms with van der Waals surface area (Å²) >= 11 is 0. The van der Waals surface area contributed by atoms with Crippen LogP contribution in [0.3, 0.4) is 0 Å². The van der Waals surface area contributed by atoms with Crippen molar-refractivity contribution in [1.29, 1.82) is 0 Å². The Labute approximate surface area is 113 Å². The third-order valence-corrected chi connectivity index (χ3v) is 3.46. The van der Waals surface area contributed by atoms with Gasteiger partial charge in [-0.05, 0) is 30.2 Å². The molecule has 3 heteroatoms. The maximum Gasteiger partial charge on any atom is 0.125 e. The Balaban J connectivity index is 2.33. The van der Waals surface area contributed by atoms with Crippen molar-refractivity contribution in [2.75, 3.05) is 6.61 Å². The van der Waals surface area contributed by atoms with Gasteiger partial charge in [-0.1, -0.05) is 37.3 Å². The molecule has 0 amide bonds. The van der Waals surface area contributed by atoms with Crippen molar-refractivity contribution in [3.63, 3.8) is 0 Å². The quantitative estimate of drug-likeness (QED) is 0.869. The average molecular weight is 260 g/mol. The van der Waals surface area contributed by atoms with Crippen LogP contribution in [0.1, 0.15) is 25.8 Å². The molecule has 0 aromatic heterocycles. The first-order valence-electron chi connectivity index (χ1n) is 6.54. The lowest BCUT2D eigenvalue weighted by atomic mass is 10.0. The van der Waals surface area contributed by atoms with E-state index >= 15 is 0 Å². The van der Waals surface area contributed by atoms with Gasteiger partial charge in [0, 0.05) is 5.56 Å². The minimum atomic E-state index is -0.849. The van der Waals surface area contributed by atoms with Gasteiger partial charge in [-0.25, -0.2) is 0 Å². The molecule has 0 heterocycles. The summed E-state index contributed by atoms with van der Waals surface area (Å²) in [5.41, 5.74) is -0.0803. The van der Waals surface area contributed by atoms with Crippen LogP contribution < -0.4 is 4.74 Å². The molecule has 2 N–H and O–H groups in total. The van der Waals surface area contributed by atoms with Gasteiger partial charge in [0.25, 0.3) is 0 Å². The predicted octanol–water partition coefficient (Wildman–Crippen LogP) is 2.87. The largest absolute Gasteiger partial charge is 0.490 e. The van der Waals surface area contributed by atoms with E-state index in [1.807, 2.05) is 43.3 Å². The Morgan fingerprint density at radius 2 is 1.89 bits per heavy atom. The zero-order chi connectivity index (χ0) is 13.9. The van der Waals surface area contributed by atoms with E-state index in [1.54, 1.807) is 6.92 Å². The molecular weight excluding hydrogens is 240 g/mol. The molecule has 0 bridgehead atoms. The number of ether oxygens (including phenoxy) is 1. The molecule has 3 nitrogen and oxygen atoms in total. The molecule has 0 spiro atoms. The van der Waals surface area contributed by atoms with Gasteiger partial charge in [0.1, 0.15) is 12.4 Å². The van der Waals surface area contributed by atoms with Gasteiger partial charge in [0.05, 0.1) is 12.2 Å². The molecule has 0 saturated carbocycles. The number of fused-ring (bicyclic) bond motifs is 1. The summed E-state index contributed by atoms with van der Waals surface area (Å²) in [6.45, 7) is 3.79. The van der Waals surface area contributed by atoms with Crippen molar-refractivity contribution in [2.24, 2.45) is 0 Å². The standard InChI is InChI=1S/C16H20O3/c1-3-16(2,18)11-19-15-9-8-12-6-4-5-7-13(12)14(15)10-17/h4-9,17-18H,3,10-11H2,1-2H3. The molecule has 1 unspecified atom stereocenters. The fraction of sp³-hybridized carbons (Fsp3) is 0.375. The average Bonchev–Trinajstić information content (AvgIpc) is 2.44. The second-order valence-corrected chi connectivity index (χ2v) is 5.06. The number of benzene rings is 2. The Kier molecular flexibility index (Phi) is 4.08. The second-order valence-electron chi connectivity index (χ2n) is 5.06. The molecule has 0 aliphatic heterocycles. The van der Waals surface area contributed by atoms with E-state index in [9.17, 15) is 10.2 Å². The Hall–Kier alpha value is -1.58. The van der Waals surface area contributed by atoms with Gasteiger partial charge in [-0.15, -0.1) is 0 Å². The van der Waals surface area contributed by atoms with Gasteiger partial charge in [-0.2, -0.15) is 0 Å². The Morgan fingerprint density at radius 1 is 1.16 bits per heavy atom. The third-order valence-electron chi connectivity index (χ3n) is 3.46. The molecule has 1 atom stereocenters. The smallest absolute Gasteiger partial charge is 0.125 e.